The van der Waals surface area contributed by atoms with Crippen LogP contribution in [-0.2, 0) is 19.5 Å². The van der Waals surface area contributed by atoms with Gasteiger partial charge in [-0.15, -0.1) is 0 Å². The van der Waals surface area contributed by atoms with E-state index in [0.717, 1.165) is 76.2 Å². The fourth-order valence-corrected chi connectivity index (χ4v) is 6.21. The summed E-state index contributed by atoms with van der Waals surface area (Å²) in [6.07, 6.45) is 6.26. The Labute approximate surface area is 195 Å². The Kier molecular flexibility index (Phi) is 8.89. The molecule has 186 valence electrons. The molecule has 0 N–H and O–H groups in total. The number of likely N-dealkylation sites (tertiary alicyclic amines) is 1. The Balaban J connectivity index is 1.24. The van der Waals surface area contributed by atoms with Crippen molar-refractivity contribution in [1.29, 1.82) is 0 Å². The third-order valence-corrected chi connectivity index (χ3v) is 9.21. The molecular formula is C24H44N2O5S. The van der Waals surface area contributed by atoms with Gasteiger partial charge in [0.05, 0.1) is 12.4 Å². The lowest BCUT2D eigenvalue weighted by atomic mass is 9.90. The summed E-state index contributed by atoms with van der Waals surface area (Å²) in [6, 6.07) is 0. The highest BCUT2D eigenvalue weighted by Gasteiger charge is 2.43. The highest BCUT2D eigenvalue weighted by molar-refractivity contribution is 7.89. The molecule has 1 amide bonds. The molecule has 0 radical (unpaired) electrons. The summed E-state index contributed by atoms with van der Waals surface area (Å²) in [5.74, 6) is 2.98. The first-order valence-electron chi connectivity index (χ1n) is 12.6. The minimum atomic E-state index is -3.04. The van der Waals surface area contributed by atoms with E-state index < -0.39 is 10.0 Å². The van der Waals surface area contributed by atoms with Crippen molar-refractivity contribution in [2.24, 2.45) is 29.1 Å². The van der Waals surface area contributed by atoms with Gasteiger partial charge >= 0.3 is 6.09 Å². The van der Waals surface area contributed by atoms with Crippen molar-refractivity contribution in [2.75, 3.05) is 51.8 Å². The van der Waals surface area contributed by atoms with Gasteiger partial charge in [-0.1, -0.05) is 20.8 Å². The molecule has 0 aromatic carbocycles. The van der Waals surface area contributed by atoms with E-state index in [9.17, 15) is 13.2 Å². The van der Waals surface area contributed by atoms with Crippen molar-refractivity contribution < 1.29 is 22.7 Å². The zero-order valence-corrected chi connectivity index (χ0v) is 21.4. The quantitative estimate of drug-likeness (QED) is 0.474. The van der Waals surface area contributed by atoms with Crippen LogP contribution >= 0.6 is 0 Å². The predicted molar refractivity (Wildman–Crippen MR) is 126 cm³/mol. The van der Waals surface area contributed by atoms with Gasteiger partial charge in [0.1, 0.15) is 0 Å². The smallest absolute Gasteiger partial charge is 0.409 e. The lowest BCUT2D eigenvalue weighted by Gasteiger charge is -2.32. The maximum Gasteiger partial charge on any atom is 0.409 e. The SMILES string of the molecule is CCS(=O)(=O)N1CCC(COCC[C@@H]2C[C@@H]2C2CCN(C(=O)OCC(C)(C)C)CC2)CC1. The fraction of sp³-hybridized carbons (Fsp3) is 0.958. The van der Waals surface area contributed by atoms with Gasteiger partial charge in [0.25, 0.3) is 0 Å². The standard InChI is InChI=1S/C24H44N2O5S/c1-5-32(28,29)26-13-6-19(7-14-26)17-30-15-10-21-16-22(21)20-8-11-25(12-9-20)23(27)31-18-24(2,3)4/h19-22H,5-18H2,1-4H3/t21-,22-/m1/s1. The summed E-state index contributed by atoms with van der Waals surface area (Å²) < 4.78 is 37.0. The number of carbonyl (C=O) groups is 1. The van der Waals surface area contributed by atoms with E-state index in [4.69, 9.17) is 9.47 Å². The predicted octanol–water partition coefficient (Wildman–Crippen LogP) is 3.99. The van der Waals surface area contributed by atoms with Gasteiger partial charge in [-0.3, -0.25) is 0 Å². The maximum atomic E-state index is 12.2. The highest BCUT2D eigenvalue weighted by atomic mass is 32.2. The summed E-state index contributed by atoms with van der Waals surface area (Å²) in [5.41, 5.74) is 0.00429. The number of nitrogens with zero attached hydrogens (tertiary/aromatic N) is 2. The zero-order valence-electron chi connectivity index (χ0n) is 20.6. The van der Waals surface area contributed by atoms with Gasteiger partial charge in [-0.25, -0.2) is 17.5 Å². The number of amides is 1. The molecule has 0 bridgehead atoms. The van der Waals surface area contributed by atoms with Crippen molar-refractivity contribution >= 4 is 16.1 Å². The summed E-state index contributed by atoms with van der Waals surface area (Å²) in [5, 5.41) is 0. The molecule has 0 unspecified atom stereocenters. The van der Waals surface area contributed by atoms with Crippen LogP contribution in [0, 0.1) is 29.1 Å². The monoisotopic (exact) mass is 472 g/mol. The Morgan fingerprint density at radius 1 is 1.03 bits per heavy atom. The van der Waals surface area contributed by atoms with Gasteiger partial charge in [-0.05, 0) is 74.5 Å². The first-order valence-corrected chi connectivity index (χ1v) is 14.2. The van der Waals surface area contributed by atoms with Gasteiger partial charge < -0.3 is 14.4 Å². The molecule has 32 heavy (non-hydrogen) atoms. The fourth-order valence-electron chi connectivity index (χ4n) is 5.08. The van der Waals surface area contributed by atoms with Gasteiger partial charge in [0, 0.05) is 39.4 Å². The number of hydrogen-bond acceptors (Lipinski definition) is 5. The largest absolute Gasteiger partial charge is 0.449 e. The summed E-state index contributed by atoms with van der Waals surface area (Å²) in [4.78, 5) is 14.1. The number of carbonyl (C=O) groups excluding carboxylic acids is 1. The number of ether oxygens (including phenoxy) is 2. The number of rotatable bonds is 9. The summed E-state index contributed by atoms with van der Waals surface area (Å²) in [6.45, 7) is 12.9. The summed E-state index contributed by atoms with van der Waals surface area (Å²) in [7, 11) is -3.04. The van der Waals surface area contributed by atoms with Gasteiger partial charge in [0.2, 0.25) is 10.0 Å². The van der Waals surface area contributed by atoms with Crippen LogP contribution in [0.4, 0.5) is 4.79 Å². The highest BCUT2D eigenvalue weighted by Crippen LogP contribution is 2.49. The molecule has 1 saturated carbocycles. The van der Waals surface area contributed by atoms with Crippen molar-refractivity contribution in [3.8, 4) is 0 Å². The van der Waals surface area contributed by atoms with Crippen molar-refractivity contribution in [1.82, 2.24) is 9.21 Å². The lowest BCUT2D eigenvalue weighted by molar-refractivity contribution is 0.0592. The average Bonchev–Trinajstić information content (AvgIpc) is 3.54. The Bertz CT molecular complexity index is 704. The Morgan fingerprint density at radius 3 is 2.28 bits per heavy atom. The molecule has 2 atom stereocenters. The molecule has 3 aliphatic rings. The van der Waals surface area contributed by atoms with Crippen LogP contribution in [0.3, 0.4) is 0 Å². The Hall–Kier alpha value is -0.860. The van der Waals surface area contributed by atoms with Crippen LogP contribution in [0.2, 0.25) is 0 Å². The van der Waals surface area contributed by atoms with Crippen LogP contribution in [0.25, 0.3) is 0 Å². The maximum absolute atomic E-state index is 12.2. The molecule has 2 saturated heterocycles. The molecule has 0 aromatic rings. The molecule has 3 rings (SSSR count). The van der Waals surface area contributed by atoms with E-state index in [1.165, 1.54) is 6.42 Å². The molecule has 2 heterocycles. The van der Waals surface area contributed by atoms with Crippen molar-refractivity contribution in [3.63, 3.8) is 0 Å². The molecule has 2 aliphatic heterocycles. The Morgan fingerprint density at radius 2 is 1.69 bits per heavy atom. The molecule has 1 aliphatic carbocycles. The molecule has 7 nitrogen and oxygen atoms in total. The second kappa shape index (κ2) is 11.0. The molecule has 3 fully saturated rings. The zero-order chi connectivity index (χ0) is 23.4. The van der Waals surface area contributed by atoms with Crippen LogP contribution in [-0.4, -0.2) is 75.5 Å². The lowest BCUT2D eigenvalue weighted by Crippen LogP contribution is -2.40. The topological polar surface area (TPSA) is 76.2 Å². The third kappa shape index (κ3) is 7.59. The normalized spacial score (nSPS) is 26.3. The minimum absolute atomic E-state index is 0.00429. The number of sulfonamides is 1. The first kappa shape index (κ1) is 25.8. The van der Waals surface area contributed by atoms with Crippen molar-refractivity contribution in [2.45, 2.75) is 66.2 Å². The van der Waals surface area contributed by atoms with E-state index in [0.29, 0.717) is 25.6 Å². The van der Waals surface area contributed by atoms with E-state index in [2.05, 4.69) is 20.8 Å². The molecule has 8 heteroatoms. The first-order chi connectivity index (χ1) is 15.1. The van der Waals surface area contributed by atoms with Gasteiger partial charge in [-0.2, -0.15) is 0 Å². The summed E-state index contributed by atoms with van der Waals surface area (Å²) >= 11 is 0. The van der Waals surface area contributed by atoms with Crippen LogP contribution in [0.15, 0.2) is 0 Å². The van der Waals surface area contributed by atoms with Crippen LogP contribution < -0.4 is 0 Å². The number of piperidine rings is 2. The van der Waals surface area contributed by atoms with E-state index in [1.807, 2.05) is 4.90 Å². The van der Waals surface area contributed by atoms with Gasteiger partial charge in [0.15, 0.2) is 0 Å². The average molecular weight is 473 g/mol. The molecule has 0 spiro atoms. The number of hydrogen-bond donors (Lipinski definition) is 0. The second-order valence-electron chi connectivity index (χ2n) is 11.2. The molecular weight excluding hydrogens is 428 g/mol. The van der Waals surface area contributed by atoms with Crippen molar-refractivity contribution in [3.05, 3.63) is 0 Å². The second-order valence-corrected chi connectivity index (χ2v) is 13.5. The van der Waals surface area contributed by atoms with E-state index in [-0.39, 0.29) is 17.3 Å². The third-order valence-electron chi connectivity index (χ3n) is 7.33. The van der Waals surface area contributed by atoms with Crippen LogP contribution in [0.5, 0.6) is 0 Å². The van der Waals surface area contributed by atoms with E-state index in [1.54, 1.807) is 11.2 Å². The van der Waals surface area contributed by atoms with E-state index >= 15 is 0 Å². The van der Waals surface area contributed by atoms with Crippen LogP contribution in [0.1, 0.15) is 66.2 Å². The minimum Gasteiger partial charge on any atom is -0.449 e. The molecule has 0 aromatic heterocycles.